The SMILES string of the molecule is CCC1CCN(c2nc3ccccc3cc2CBr)CC1. The zero-order valence-corrected chi connectivity index (χ0v) is 13.6. The van der Waals surface area contributed by atoms with Crippen LogP contribution in [-0.2, 0) is 5.33 Å². The molecule has 2 nitrogen and oxygen atoms in total. The maximum atomic E-state index is 4.92. The molecule has 3 heteroatoms. The first-order valence-electron chi connectivity index (χ1n) is 7.51. The lowest BCUT2D eigenvalue weighted by molar-refractivity contribution is 0.393. The van der Waals surface area contributed by atoms with E-state index in [-0.39, 0.29) is 0 Å². The Hall–Kier alpha value is -1.09. The van der Waals surface area contributed by atoms with Gasteiger partial charge in [-0.1, -0.05) is 47.5 Å². The van der Waals surface area contributed by atoms with Crippen molar-refractivity contribution >= 4 is 32.7 Å². The molecule has 0 aliphatic carbocycles. The topological polar surface area (TPSA) is 16.1 Å². The van der Waals surface area contributed by atoms with E-state index in [1.165, 1.54) is 36.0 Å². The van der Waals surface area contributed by atoms with Crippen LogP contribution in [0.1, 0.15) is 31.7 Å². The number of hydrogen-bond acceptors (Lipinski definition) is 2. The van der Waals surface area contributed by atoms with Crippen LogP contribution in [0.15, 0.2) is 30.3 Å². The number of halogens is 1. The second-order valence-corrected chi connectivity index (χ2v) is 6.20. The zero-order chi connectivity index (χ0) is 13.9. The van der Waals surface area contributed by atoms with E-state index in [9.17, 15) is 0 Å². The fourth-order valence-corrected chi connectivity index (χ4v) is 3.49. The van der Waals surface area contributed by atoms with Gasteiger partial charge in [-0.15, -0.1) is 0 Å². The molecular formula is C17H21BrN2. The van der Waals surface area contributed by atoms with E-state index in [0.717, 1.165) is 29.9 Å². The summed E-state index contributed by atoms with van der Waals surface area (Å²) >= 11 is 3.62. The second-order valence-electron chi connectivity index (χ2n) is 5.64. The molecule has 0 N–H and O–H groups in total. The number of para-hydroxylation sites is 1. The van der Waals surface area contributed by atoms with Crippen LogP contribution in [-0.4, -0.2) is 18.1 Å². The van der Waals surface area contributed by atoms with Gasteiger partial charge in [-0.05, 0) is 30.9 Å². The molecule has 106 valence electrons. The van der Waals surface area contributed by atoms with Crippen molar-refractivity contribution in [3.63, 3.8) is 0 Å². The Morgan fingerprint density at radius 1 is 1.25 bits per heavy atom. The van der Waals surface area contributed by atoms with Crippen LogP contribution < -0.4 is 4.90 Å². The van der Waals surface area contributed by atoms with Crippen LogP contribution in [0.2, 0.25) is 0 Å². The van der Waals surface area contributed by atoms with E-state index in [1.54, 1.807) is 0 Å². The molecule has 1 aliphatic rings. The summed E-state index contributed by atoms with van der Waals surface area (Å²) in [5.74, 6) is 2.08. The van der Waals surface area contributed by atoms with Gasteiger partial charge in [-0.2, -0.15) is 0 Å². The summed E-state index contributed by atoms with van der Waals surface area (Å²) in [5.41, 5.74) is 2.41. The normalized spacial score (nSPS) is 16.8. The van der Waals surface area contributed by atoms with Gasteiger partial charge in [0.15, 0.2) is 0 Å². The molecule has 1 aliphatic heterocycles. The fourth-order valence-electron chi connectivity index (χ4n) is 3.07. The molecule has 0 saturated carbocycles. The molecular weight excluding hydrogens is 312 g/mol. The average Bonchev–Trinajstić information content (AvgIpc) is 2.53. The summed E-state index contributed by atoms with van der Waals surface area (Å²) < 4.78 is 0. The second kappa shape index (κ2) is 6.13. The number of alkyl halides is 1. The van der Waals surface area contributed by atoms with Crippen LogP contribution in [0.4, 0.5) is 5.82 Å². The van der Waals surface area contributed by atoms with Crippen molar-refractivity contribution in [3.05, 3.63) is 35.9 Å². The minimum Gasteiger partial charge on any atom is -0.356 e. The molecule has 1 aromatic heterocycles. The fraction of sp³-hybridized carbons (Fsp3) is 0.471. The number of hydrogen-bond donors (Lipinski definition) is 0. The summed E-state index contributed by atoms with van der Waals surface area (Å²) in [7, 11) is 0. The third-order valence-electron chi connectivity index (χ3n) is 4.42. The summed E-state index contributed by atoms with van der Waals surface area (Å²) in [6.45, 7) is 4.59. The van der Waals surface area contributed by atoms with Crippen molar-refractivity contribution in [1.82, 2.24) is 4.98 Å². The van der Waals surface area contributed by atoms with Crippen LogP contribution in [0.25, 0.3) is 10.9 Å². The minimum absolute atomic E-state index is 0.869. The molecule has 1 fully saturated rings. The third-order valence-corrected chi connectivity index (χ3v) is 5.02. The summed E-state index contributed by atoms with van der Waals surface area (Å²) in [4.78, 5) is 7.38. The Labute approximate surface area is 129 Å². The van der Waals surface area contributed by atoms with Crippen molar-refractivity contribution in [2.75, 3.05) is 18.0 Å². The first-order chi connectivity index (χ1) is 9.81. The number of rotatable bonds is 3. The number of benzene rings is 1. The average molecular weight is 333 g/mol. The first kappa shape index (κ1) is 13.9. The van der Waals surface area contributed by atoms with E-state index in [2.05, 4.69) is 58.1 Å². The van der Waals surface area contributed by atoms with Crippen LogP contribution in [0, 0.1) is 5.92 Å². The van der Waals surface area contributed by atoms with E-state index < -0.39 is 0 Å². The Morgan fingerprint density at radius 2 is 2.00 bits per heavy atom. The summed E-state index contributed by atoms with van der Waals surface area (Å²) in [6, 6.07) is 10.7. The van der Waals surface area contributed by atoms with Gasteiger partial charge in [0.05, 0.1) is 5.52 Å². The molecule has 0 amide bonds. The Bertz CT molecular complexity index is 589. The van der Waals surface area contributed by atoms with Gasteiger partial charge in [-0.3, -0.25) is 0 Å². The lowest BCUT2D eigenvalue weighted by Gasteiger charge is -2.33. The quantitative estimate of drug-likeness (QED) is 0.753. The summed E-state index contributed by atoms with van der Waals surface area (Å²) in [5, 5.41) is 2.10. The largest absolute Gasteiger partial charge is 0.356 e. The number of piperidine rings is 1. The van der Waals surface area contributed by atoms with E-state index in [4.69, 9.17) is 4.98 Å². The smallest absolute Gasteiger partial charge is 0.133 e. The van der Waals surface area contributed by atoms with Crippen LogP contribution in [0.5, 0.6) is 0 Å². The monoisotopic (exact) mass is 332 g/mol. The van der Waals surface area contributed by atoms with Gasteiger partial charge < -0.3 is 4.90 Å². The molecule has 0 radical (unpaired) electrons. The van der Waals surface area contributed by atoms with Crippen molar-refractivity contribution in [2.24, 2.45) is 5.92 Å². The first-order valence-corrected chi connectivity index (χ1v) is 8.63. The molecule has 1 aromatic carbocycles. The van der Waals surface area contributed by atoms with Gasteiger partial charge in [0.25, 0.3) is 0 Å². The number of nitrogens with zero attached hydrogens (tertiary/aromatic N) is 2. The highest BCUT2D eigenvalue weighted by atomic mass is 79.9. The van der Waals surface area contributed by atoms with Crippen LogP contribution in [0.3, 0.4) is 0 Å². The van der Waals surface area contributed by atoms with Gasteiger partial charge in [0, 0.05) is 29.4 Å². The van der Waals surface area contributed by atoms with Crippen molar-refractivity contribution in [2.45, 2.75) is 31.5 Å². The standard InChI is InChI=1S/C17H21BrN2/c1-2-13-7-9-20(10-8-13)17-15(12-18)11-14-5-3-4-6-16(14)19-17/h3-6,11,13H,2,7-10,12H2,1H3. The van der Waals surface area contributed by atoms with Crippen molar-refractivity contribution < 1.29 is 0 Å². The molecule has 2 aromatic rings. The third kappa shape index (κ3) is 2.69. The maximum absolute atomic E-state index is 4.92. The highest BCUT2D eigenvalue weighted by Crippen LogP contribution is 2.29. The highest BCUT2D eigenvalue weighted by Gasteiger charge is 2.21. The van der Waals surface area contributed by atoms with Crippen LogP contribution >= 0.6 is 15.9 Å². The Kier molecular flexibility index (Phi) is 4.25. The Balaban J connectivity index is 1.94. The van der Waals surface area contributed by atoms with Gasteiger partial charge >= 0.3 is 0 Å². The predicted molar refractivity (Wildman–Crippen MR) is 89.6 cm³/mol. The van der Waals surface area contributed by atoms with E-state index in [0.29, 0.717) is 0 Å². The lowest BCUT2D eigenvalue weighted by atomic mass is 9.94. The molecule has 20 heavy (non-hydrogen) atoms. The molecule has 0 spiro atoms. The zero-order valence-electron chi connectivity index (χ0n) is 12.0. The molecule has 3 rings (SSSR count). The number of pyridine rings is 1. The number of fused-ring (bicyclic) bond motifs is 1. The van der Waals surface area contributed by atoms with Gasteiger partial charge in [-0.25, -0.2) is 4.98 Å². The highest BCUT2D eigenvalue weighted by molar-refractivity contribution is 9.08. The van der Waals surface area contributed by atoms with E-state index >= 15 is 0 Å². The molecule has 1 saturated heterocycles. The van der Waals surface area contributed by atoms with Gasteiger partial charge in [0.2, 0.25) is 0 Å². The molecule has 0 bridgehead atoms. The molecule has 0 unspecified atom stereocenters. The lowest BCUT2D eigenvalue weighted by Crippen LogP contribution is -2.34. The van der Waals surface area contributed by atoms with Gasteiger partial charge in [0.1, 0.15) is 5.82 Å². The molecule has 0 atom stereocenters. The van der Waals surface area contributed by atoms with E-state index in [1.807, 2.05) is 0 Å². The predicted octanol–water partition coefficient (Wildman–Crippen LogP) is 4.76. The van der Waals surface area contributed by atoms with Crippen molar-refractivity contribution in [1.29, 1.82) is 0 Å². The maximum Gasteiger partial charge on any atom is 0.133 e. The Morgan fingerprint density at radius 3 is 2.70 bits per heavy atom. The number of anilines is 1. The summed E-state index contributed by atoms with van der Waals surface area (Å²) in [6.07, 6.45) is 3.91. The number of aromatic nitrogens is 1. The van der Waals surface area contributed by atoms with Crippen molar-refractivity contribution in [3.8, 4) is 0 Å². The molecule has 2 heterocycles. The minimum atomic E-state index is 0.869.